The molecule has 0 aliphatic carbocycles. The van der Waals surface area contributed by atoms with E-state index in [-0.39, 0.29) is 18.5 Å². The Hall–Kier alpha value is -1.89. The topological polar surface area (TPSA) is 91.9 Å². The minimum Gasteiger partial charge on any atom is -0.481 e. The smallest absolute Gasteiger partial charge is 0.356 e. The van der Waals surface area contributed by atoms with Crippen molar-refractivity contribution in [3.8, 4) is 0 Å². The molecular weight excluding hydrogens is 304 g/mol. The van der Waals surface area contributed by atoms with E-state index in [1.54, 1.807) is 22.7 Å². The molecule has 0 aliphatic rings. The van der Waals surface area contributed by atoms with Gasteiger partial charge in [-0.2, -0.15) is 0 Å². The number of pyridine rings is 1. The molecule has 0 aliphatic heterocycles. The normalized spacial score (nSPS) is 10.7. The predicted molar refractivity (Wildman–Crippen MR) is 65.8 cm³/mol. The van der Waals surface area contributed by atoms with Crippen molar-refractivity contribution in [2.75, 3.05) is 0 Å². The van der Waals surface area contributed by atoms with E-state index >= 15 is 0 Å². The molecule has 2 rings (SSSR count). The number of carboxylic acids is 2. The van der Waals surface area contributed by atoms with Gasteiger partial charge in [-0.1, -0.05) is 15.9 Å². The lowest BCUT2D eigenvalue weighted by molar-refractivity contribution is -0.137. The van der Waals surface area contributed by atoms with Gasteiger partial charge in [0.05, 0.1) is 11.9 Å². The Balaban J connectivity index is 2.54. The van der Waals surface area contributed by atoms with Crippen LogP contribution in [0.2, 0.25) is 0 Å². The number of hydrogen-bond donors (Lipinski definition) is 2. The highest BCUT2D eigenvalue weighted by molar-refractivity contribution is 9.10. The third-order valence-electron chi connectivity index (χ3n) is 2.44. The molecule has 94 valence electrons. The van der Waals surface area contributed by atoms with Crippen molar-refractivity contribution in [3.05, 3.63) is 34.3 Å². The van der Waals surface area contributed by atoms with Crippen LogP contribution in [0.15, 0.2) is 22.8 Å². The van der Waals surface area contributed by atoms with E-state index in [9.17, 15) is 9.59 Å². The van der Waals surface area contributed by atoms with Crippen LogP contribution in [0.4, 0.5) is 0 Å². The van der Waals surface area contributed by atoms with Gasteiger partial charge >= 0.3 is 11.9 Å². The molecule has 18 heavy (non-hydrogen) atoms. The Morgan fingerprint density at radius 1 is 1.39 bits per heavy atom. The fourth-order valence-electron chi connectivity index (χ4n) is 1.67. The van der Waals surface area contributed by atoms with Crippen molar-refractivity contribution >= 4 is 33.4 Å². The molecule has 2 heterocycles. The van der Waals surface area contributed by atoms with Gasteiger partial charge in [-0.3, -0.25) is 4.79 Å². The third kappa shape index (κ3) is 2.35. The highest BCUT2D eigenvalue weighted by atomic mass is 79.9. The molecule has 0 atom stereocenters. The zero-order valence-electron chi connectivity index (χ0n) is 9.13. The molecule has 0 saturated carbocycles. The van der Waals surface area contributed by atoms with Crippen LogP contribution < -0.4 is 0 Å². The molecule has 0 unspecified atom stereocenters. The summed E-state index contributed by atoms with van der Waals surface area (Å²) in [7, 11) is 0. The number of rotatable bonds is 4. The molecule has 6 nitrogen and oxygen atoms in total. The molecule has 0 aromatic carbocycles. The second-order valence-electron chi connectivity index (χ2n) is 3.68. The first kappa shape index (κ1) is 12.6. The van der Waals surface area contributed by atoms with Gasteiger partial charge in [-0.25, -0.2) is 9.78 Å². The zero-order valence-corrected chi connectivity index (χ0v) is 10.7. The average Bonchev–Trinajstić information content (AvgIpc) is 2.64. The number of carbonyl (C=O) groups is 2. The summed E-state index contributed by atoms with van der Waals surface area (Å²) in [4.78, 5) is 25.6. The number of aromatic nitrogens is 2. The maximum atomic E-state index is 11.1. The first-order valence-corrected chi connectivity index (χ1v) is 5.90. The summed E-state index contributed by atoms with van der Waals surface area (Å²) in [5, 5.41) is 17.7. The van der Waals surface area contributed by atoms with Gasteiger partial charge in [0.1, 0.15) is 5.82 Å². The van der Waals surface area contributed by atoms with Gasteiger partial charge in [0, 0.05) is 17.1 Å². The van der Waals surface area contributed by atoms with Crippen molar-refractivity contribution < 1.29 is 19.8 Å². The summed E-state index contributed by atoms with van der Waals surface area (Å²) in [5.74, 6) is -1.65. The van der Waals surface area contributed by atoms with Gasteiger partial charge < -0.3 is 14.6 Å². The van der Waals surface area contributed by atoms with E-state index in [2.05, 4.69) is 20.9 Å². The number of carboxylic acid groups (broad SMARTS) is 2. The molecule has 0 radical (unpaired) electrons. The van der Waals surface area contributed by atoms with Crippen molar-refractivity contribution in [2.24, 2.45) is 0 Å². The van der Waals surface area contributed by atoms with Crippen LogP contribution in [0.1, 0.15) is 22.7 Å². The lowest BCUT2D eigenvalue weighted by Crippen LogP contribution is -2.01. The minimum atomic E-state index is -1.13. The lowest BCUT2D eigenvalue weighted by Gasteiger charge is -1.99. The predicted octanol–water partition coefficient (Wildman–Crippen LogP) is 1.81. The van der Waals surface area contributed by atoms with Gasteiger partial charge in [0.15, 0.2) is 5.69 Å². The third-order valence-corrected chi connectivity index (χ3v) is 2.94. The van der Waals surface area contributed by atoms with Gasteiger partial charge in [0.2, 0.25) is 0 Å². The Morgan fingerprint density at radius 3 is 2.72 bits per heavy atom. The number of aliphatic carboxylic acids is 1. The van der Waals surface area contributed by atoms with E-state index in [1.807, 2.05) is 0 Å². The fraction of sp³-hybridized carbons (Fsp3) is 0.182. The van der Waals surface area contributed by atoms with Crippen LogP contribution in [0, 0.1) is 0 Å². The Labute approximate surface area is 110 Å². The number of aromatic carboxylic acids is 1. The fourth-order valence-corrected chi connectivity index (χ4v) is 2.01. The summed E-state index contributed by atoms with van der Waals surface area (Å²) in [6.45, 7) is 0. The standard InChI is InChI=1S/C11H9BrN2O4/c12-6-3-4-14-7(5-6)10(11(17)18)13-8(14)1-2-9(15)16/h3-5H,1-2H2,(H,15,16)(H,17,18). The van der Waals surface area contributed by atoms with Crippen LogP contribution in [0.3, 0.4) is 0 Å². The van der Waals surface area contributed by atoms with Gasteiger partial charge in [-0.15, -0.1) is 0 Å². The molecule has 0 spiro atoms. The molecule has 0 bridgehead atoms. The van der Waals surface area contributed by atoms with Gasteiger partial charge in [-0.05, 0) is 12.1 Å². The number of nitrogens with zero attached hydrogens (tertiary/aromatic N) is 2. The van der Waals surface area contributed by atoms with E-state index < -0.39 is 11.9 Å². The van der Waals surface area contributed by atoms with Crippen LogP contribution in [-0.2, 0) is 11.2 Å². The van der Waals surface area contributed by atoms with E-state index in [4.69, 9.17) is 10.2 Å². The summed E-state index contributed by atoms with van der Waals surface area (Å²) in [5.41, 5.74) is 0.369. The van der Waals surface area contributed by atoms with Crippen molar-refractivity contribution in [1.29, 1.82) is 0 Å². The van der Waals surface area contributed by atoms with E-state index in [0.29, 0.717) is 11.3 Å². The molecule has 0 amide bonds. The minimum absolute atomic E-state index is 0.0725. The Morgan fingerprint density at radius 2 is 2.11 bits per heavy atom. The number of aryl methyl sites for hydroxylation is 1. The summed E-state index contributed by atoms with van der Waals surface area (Å²) in [6.07, 6.45) is 1.76. The molecule has 2 aromatic heterocycles. The molecule has 0 saturated heterocycles. The Bertz CT molecular complexity index is 635. The number of hydrogen-bond acceptors (Lipinski definition) is 3. The molecule has 2 aromatic rings. The highest BCUT2D eigenvalue weighted by Crippen LogP contribution is 2.19. The maximum Gasteiger partial charge on any atom is 0.356 e. The Kier molecular flexibility index (Phi) is 3.33. The van der Waals surface area contributed by atoms with Crippen LogP contribution >= 0.6 is 15.9 Å². The maximum absolute atomic E-state index is 11.1. The highest BCUT2D eigenvalue weighted by Gasteiger charge is 2.17. The molecule has 2 N–H and O–H groups in total. The van der Waals surface area contributed by atoms with Crippen molar-refractivity contribution in [3.63, 3.8) is 0 Å². The van der Waals surface area contributed by atoms with E-state index in [1.165, 1.54) is 0 Å². The van der Waals surface area contributed by atoms with Crippen LogP contribution in [0.25, 0.3) is 5.52 Å². The monoisotopic (exact) mass is 312 g/mol. The largest absolute Gasteiger partial charge is 0.481 e. The quantitative estimate of drug-likeness (QED) is 0.898. The van der Waals surface area contributed by atoms with Crippen LogP contribution in [0.5, 0.6) is 0 Å². The zero-order chi connectivity index (χ0) is 13.3. The van der Waals surface area contributed by atoms with Crippen molar-refractivity contribution in [1.82, 2.24) is 9.38 Å². The van der Waals surface area contributed by atoms with Gasteiger partial charge in [0.25, 0.3) is 0 Å². The second-order valence-corrected chi connectivity index (χ2v) is 4.59. The first-order valence-electron chi connectivity index (χ1n) is 5.10. The molecular formula is C11H9BrN2O4. The summed E-state index contributed by atoms with van der Waals surface area (Å²) < 4.78 is 2.33. The number of imidazole rings is 1. The molecule has 7 heteroatoms. The number of halogens is 1. The average molecular weight is 313 g/mol. The van der Waals surface area contributed by atoms with Crippen LogP contribution in [-0.4, -0.2) is 31.5 Å². The summed E-state index contributed by atoms with van der Waals surface area (Å²) >= 11 is 3.26. The van der Waals surface area contributed by atoms with Crippen molar-refractivity contribution in [2.45, 2.75) is 12.8 Å². The number of fused-ring (bicyclic) bond motifs is 1. The van der Waals surface area contributed by atoms with E-state index in [0.717, 1.165) is 4.47 Å². The summed E-state index contributed by atoms with van der Waals surface area (Å²) in [6, 6.07) is 3.38. The second kappa shape index (κ2) is 4.77. The SMILES string of the molecule is O=C(O)CCc1nc(C(=O)O)c2cc(Br)ccn12. The first-order chi connectivity index (χ1) is 8.49. The molecule has 0 fully saturated rings. The lowest BCUT2D eigenvalue weighted by atomic mass is 10.3.